The molecule has 0 aliphatic heterocycles. The van der Waals surface area contributed by atoms with Crippen LogP contribution in [0, 0.1) is 0 Å². The predicted molar refractivity (Wildman–Crippen MR) is 79.7 cm³/mol. The number of methoxy groups -OCH3 is 1. The third kappa shape index (κ3) is 3.86. The topological polar surface area (TPSA) is 46.5 Å². The Morgan fingerprint density at radius 1 is 0.639 bits per heavy atom. The van der Waals surface area contributed by atoms with E-state index in [9.17, 15) is 84.5 Å². The minimum atomic E-state index is -8.75. The molecule has 0 saturated heterocycles. The van der Waals surface area contributed by atoms with E-state index in [1.807, 2.05) is 0 Å². The Morgan fingerprint density at radius 2 is 1.00 bits per heavy atom. The fourth-order valence-electron chi connectivity index (χ4n) is 2.40. The highest BCUT2D eigenvalue weighted by molar-refractivity contribution is 5.81. The van der Waals surface area contributed by atoms with Crippen molar-refractivity contribution in [1.29, 1.82) is 0 Å². The molecule has 208 valence electrons. The van der Waals surface area contributed by atoms with Crippen molar-refractivity contribution in [1.82, 2.24) is 0 Å². The minimum absolute atomic E-state index is 0.482. The summed E-state index contributed by atoms with van der Waals surface area (Å²) in [7, 11) is 0.482. The molecule has 0 unspecified atom stereocenters. The minimum Gasteiger partial charge on any atom is -0.504 e. The van der Waals surface area contributed by atoms with Crippen molar-refractivity contribution in [3.8, 4) is 11.5 Å². The van der Waals surface area contributed by atoms with Crippen LogP contribution in [0.5, 0.6) is 11.5 Å². The number of hydrogen-bond donors (Lipinski definition) is 1. The largest absolute Gasteiger partial charge is 0.504 e. The van der Waals surface area contributed by atoms with Crippen LogP contribution in [0.1, 0.15) is 15.9 Å². The SMILES string of the molecule is COc1cc(C(F)(F)C(F)(F)C(F)(F)C(F)(F)C(F)(F)C(F)(F)C(F)(F)C(F)(F)F)cc(C=O)c1O. The van der Waals surface area contributed by atoms with E-state index in [1.54, 1.807) is 0 Å². The zero-order valence-corrected chi connectivity index (χ0v) is 16.4. The van der Waals surface area contributed by atoms with Crippen molar-refractivity contribution in [3.63, 3.8) is 0 Å². The molecule has 36 heavy (non-hydrogen) atoms. The molecule has 3 nitrogen and oxygen atoms in total. The van der Waals surface area contributed by atoms with Gasteiger partial charge in [-0.05, 0) is 12.1 Å². The summed E-state index contributed by atoms with van der Waals surface area (Å²) in [6.07, 6.45) is -8.46. The van der Waals surface area contributed by atoms with Gasteiger partial charge in [0.05, 0.1) is 12.7 Å². The number of halogens is 17. The molecule has 0 radical (unpaired) electrons. The second kappa shape index (κ2) is 8.42. The molecule has 0 bridgehead atoms. The van der Waals surface area contributed by atoms with Crippen LogP contribution in [-0.4, -0.2) is 60.2 Å². The second-order valence-corrected chi connectivity index (χ2v) is 6.75. The maximum atomic E-state index is 14.3. The highest BCUT2D eigenvalue weighted by Crippen LogP contribution is 2.65. The maximum absolute atomic E-state index is 14.3. The van der Waals surface area contributed by atoms with Gasteiger partial charge in [-0.1, -0.05) is 0 Å². The average molecular weight is 570 g/mol. The van der Waals surface area contributed by atoms with E-state index in [1.165, 1.54) is 0 Å². The van der Waals surface area contributed by atoms with E-state index in [0.717, 1.165) is 0 Å². The van der Waals surface area contributed by atoms with Gasteiger partial charge in [0.1, 0.15) is 0 Å². The number of hydrogen-bond acceptors (Lipinski definition) is 3. The summed E-state index contributed by atoms with van der Waals surface area (Å²) >= 11 is 0. The lowest BCUT2D eigenvalue weighted by molar-refractivity contribution is -0.462. The molecule has 0 atom stereocenters. The second-order valence-electron chi connectivity index (χ2n) is 6.75. The predicted octanol–water partition coefficient (Wildman–Crippen LogP) is 6.68. The summed E-state index contributed by atoms with van der Waals surface area (Å²) in [6.45, 7) is 0. The highest BCUT2D eigenvalue weighted by atomic mass is 19.4. The van der Waals surface area contributed by atoms with Crippen LogP contribution in [0.25, 0.3) is 0 Å². The summed E-state index contributed by atoms with van der Waals surface area (Å²) in [5.74, 6) is -60.5. The van der Waals surface area contributed by atoms with E-state index in [4.69, 9.17) is 0 Å². The van der Waals surface area contributed by atoms with E-state index >= 15 is 0 Å². The fourth-order valence-corrected chi connectivity index (χ4v) is 2.40. The maximum Gasteiger partial charge on any atom is 0.460 e. The fraction of sp³-hybridized carbons (Fsp3) is 0.562. The number of aromatic hydroxyl groups is 1. The van der Waals surface area contributed by atoms with Gasteiger partial charge >= 0.3 is 47.6 Å². The van der Waals surface area contributed by atoms with Gasteiger partial charge in [0.25, 0.3) is 0 Å². The number of benzene rings is 1. The van der Waals surface area contributed by atoms with Crippen LogP contribution < -0.4 is 4.74 Å². The first-order valence-electron chi connectivity index (χ1n) is 8.23. The number of ether oxygens (including phenoxy) is 1. The van der Waals surface area contributed by atoms with Crippen LogP contribution >= 0.6 is 0 Å². The molecule has 0 aromatic heterocycles. The summed E-state index contributed by atoms with van der Waals surface area (Å²) in [5.41, 5.74) is -4.15. The monoisotopic (exact) mass is 570 g/mol. The van der Waals surface area contributed by atoms with Crippen LogP contribution in [0.3, 0.4) is 0 Å². The van der Waals surface area contributed by atoms with Crippen molar-refractivity contribution < 1.29 is 89.3 Å². The molecule has 1 aromatic carbocycles. The van der Waals surface area contributed by atoms with Gasteiger partial charge in [0, 0.05) is 5.56 Å². The van der Waals surface area contributed by atoms with E-state index in [0.29, 0.717) is 7.11 Å². The van der Waals surface area contributed by atoms with Crippen molar-refractivity contribution >= 4 is 6.29 Å². The Kier molecular flexibility index (Phi) is 7.33. The third-order valence-corrected chi connectivity index (χ3v) is 4.54. The first-order valence-corrected chi connectivity index (χ1v) is 8.23. The number of alkyl halides is 17. The number of carbonyl (C=O) groups excluding carboxylic acids is 1. The van der Waals surface area contributed by atoms with Gasteiger partial charge in [-0.2, -0.15) is 74.6 Å². The van der Waals surface area contributed by atoms with Gasteiger partial charge in [0.2, 0.25) is 0 Å². The summed E-state index contributed by atoms with van der Waals surface area (Å²) in [4.78, 5) is 10.7. The Balaban J connectivity index is 3.85. The van der Waals surface area contributed by atoms with Crippen LogP contribution in [-0.2, 0) is 5.92 Å². The third-order valence-electron chi connectivity index (χ3n) is 4.54. The van der Waals surface area contributed by atoms with Crippen LogP contribution in [0.15, 0.2) is 12.1 Å². The van der Waals surface area contributed by atoms with Crippen molar-refractivity contribution in [2.45, 2.75) is 47.6 Å². The lowest BCUT2D eigenvalue weighted by atomic mass is 9.87. The van der Waals surface area contributed by atoms with Gasteiger partial charge in [-0.15, -0.1) is 0 Å². The molecule has 0 fully saturated rings. The average Bonchev–Trinajstić information content (AvgIpc) is 2.71. The standard InChI is InChI=1S/C16H7F17O3/c1-36-7-3-6(2-5(4-34)8(7)35)9(17,18)10(19,20)11(21,22)12(23,24)13(25,26)14(27,28)15(29,30)16(31,32)33/h2-4,35H,1H3. The molecule has 0 amide bonds. The van der Waals surface area contributed by atoms with Gasteiger partial charge in [0.15, 0.2) is 17.8 Å². The molecule has 1 N–H and O–H groups in total. The summed E-state index contributed by atoms with van der Waals surface area (Å²) in [5, 5.41) is 9.41. The number of aldehydes is 1. The number of carbonyl (C=O) groups is 1. The number of phenols is 1. The molecule has 0 aliphatic carbocycles. The molecule has 1 aromatic rings. The Morgan fingerprint density at radius 3 is 1.33 bits per heavy atom. The summed E-state index contributed by atoms with van der Waals surface area (Å²) < 4.78 is 231. The molecule has 1 rings (SSSR count). The smallest absolute Gasteiger partial charge is 0.460 e. The zero-order chi connectivity index (χ0) is 29.1. The van der Waals surface area contributed by atoms with Gasteiger partial charge in [-0.25, -0.2) is 0 Å². The number of phenolic OH excluding ortho intramolecular Hbond substituents is 1. The summed E-state index contributed by atoms with van der Waals surface area (Å²) in [6, 6.07) is -1.10. The lowest BCUT2D eigenvalue weighted by Gasteiger charge is -2.42. The molecule has 0 aliphatic rings. The van der Waals surface area contributed by atoms with Crippen LogP contribution in [0.4, 0.5) is 74.6 Å². The van der Waals surface area contributed by atoms with Gasteiger partial charge in [-0.3, -0.25) is 4.79 Å². The molecular weight excluding hydrogens is 563 g/mol. The zero-order valence-electron chi connectivity index (χ0n) is 16.4. The molecule has 0 heterocycles. The number of rotatable bonds is 9. The van der Waals surface area contributed by atoms with Crippen molar-refractivity contribution in [2.24, 2.45) is 0 Å². The first kappa shape index (κ1) is 31.3. The highest BCUT2D eigenvalue weighted by Gasteiger charge is 2.95. The molecule has 20 heteroatoms. The Hall–Kier alpha value is -2.70. The van der Waals surface area contributed by atoms with Crippen LogP contribution in [0.2, 0.25) is 0 Å². The van der Waals surface area contributed by atoms with E-state index < -0.39 is 88.7 Å². The Labute approximate surface area is 186 Å². The normalized spacial score (nSPS) is 15.2. The molecule has 0 saturated carbocycles. The first-order chi connectivity index (χ1) is 15.6. The lowest BCUT2D eigenvalue weighted by Crippen LogP contribution is -2.74. The molecule has 0 spiro atoms. The Bertz CT molecular complexity index is 996. The van der Waals surface area contributed by atoms with Gasteiger partial charge < -0.3 is 9.84 Å². The van der Waals surface area contributed by atoms with Crippen molar-refractivity contribution in [2.75, 3.05) is 7.11 Å². The quantitative estimate of drug-likeness (QED) is 0.266. The van der Waals surface area contributed by atoms with Crippen molar-refractivity contribution in [3.05, 3.63) is 23.3 Å². The van der Waals surface area contributed by atoms with E-state index in [-0.39, 0.29) is 0 Å². The van der Waals surface area contributed by atoms with E-state index in [2.05, 4.69) is 4.74 Å². The molecular formula is C16H7F17O3.